The molecule has 0 unspecified atom stereocenters. The average Bonchev–Trinajstić information content (AvgIpc) is 3.21. The Balaban J connectivity index is 1.57. The van der Waals surface area contributed by atoms with Crippen LogP contribution in [0.3, 0.4) is 0 Å². The molecule has 0 atom stereocenters. The lowest BCUT2D eigenvalue weighted by atomic mass is 10.2. The maximum Gasteiger partial charge on any atom is 0.286 e. The molecule has 1 aromatic carbocycles. The number of benzene rings is 1. The number of nitrogens with zero attached hydrogens (tertiary/aromatic N) is 4. The van der Waals surface area contributed by atoms with E-state index in [0.29, 0.717) is 33.1 Å². The molecule has 9 heteroatoms. The van der Waals surface area contributed by atoms with E-state index in [4.69, 9.17) is 9.47 Å². The third-order valence-electron chi connectivity index (χ3n) is 3.79. The van der Waals surface area contributed by atoms with Gasteiger partial charge in [0.25, 0.3) is 5.91 Å². The predicted molar refractivity (Wildman–Crippen MR) is 88.1 cm³/mol. The van der Waals surface area contributed by atoms with Gasteiger partial charge in [-0.05, 0) is 25.0 Å². The van der Waals surface area contributed by atoms with Crippen LogP contribution in [0.15, 0.2) is 18.2 Å². The normalized spacial score (nSPS) is 13.9. The van der Waals surface area contributed by atoms with Gasteiger partial charge in [-0.1, -0.05) is 11.3 Å². The van der Waals surface area contributed by atoms with Gasteiger partial charge in [0.1, 0.15) is 0 Å². The lowest BCUT2D eigenvalue weighted by molar-refractivity contribution is 0.102. The zero-order valence-corrected chi connectivity index (χ0v) is 14.0. The third-order valence-corrected chi connectivity index (χ3v) is 4.69. The van der Waals surface area contributed by atoms with Crippen molar-refractivity contribution in [3.8, 4) is 11.5 Å². The molecule has 3 aromatic rings. The molecule has 0 spiro atoms. The first-order valence-corrected chi connectivity index (χ1v) is 8.26. The molecular weight excluding hydrogens is 330 g/mol. The molecule has 8 nitrogen and oxygen atoms in total. The van der Waals surface area contributed by atoms with E-state index in [2.05, 4.69) is 20.6 Å². The van der Waals surface area contributed by atoms with Crippen LogP contribution in [0.1, 0.15) is 34.4 Å². The summed E-state index contributed by atoms with van der Waals surface area (Å²) in [7, 11) is 3.11. The van der Waals surface area contributed by atoms with Crippen LogP contribution in [0.4, 0.5) is 5.69 Å². The Morgan fingerprint density at radius 1 is 1.25 bits per heavy atom. The van der Waals surface area contributed by atoms with Crippen LogP contribution in [-0.2, 0) is 0 Å². The summed E-state index contributed by atoms with van der Waals surface area (Å²) in [6, 6.07) is 5.18. The Labute approximate surface area is 141 Å². The Morgan fingerprint density at radius 2 is 2.04 bits per heavy atom. The zero-order valence-electron chi connectivity index (χ0n) is 13.1. The summed E-state index contributed by atoms with van der Waals surface area (Å²) in [4.78, 5) is 13.1. The Hall–Kier alpha value is -2.68. The summed E-state index contributed by atoms with van der Waals surface area (Å²) in [6.45, 7) is 0. The fraction of sp³-hybridized carbons (Fsp3) is 0.333. The van der Waals surface area contributed by atoms with Crippen molar-refractivity contribution in [3.05, 3.63) is 29.0 Å². The molecule has 1 aliphatic carbocycles. The minimum absolute atomic E-state index is 0.292. The van der Waals surface area contributed by atoms with Gasteiger partial charge in [0.15, 0.2) is 17.3 Å². The second kappa shape index (κ2) is 5.75. The van der Waals surface area contributed by atoms with E-state index in [1.807, 2.05) is 0 Å². The maximum atomic E-state index is 12.4. The van der Waals surface area contributed by atoms with Crippen LogP contribution in [-0.4, -0.2) is 39.9 Å². The molecule has 1 amide bonds. The highest BCUT2D eigenvalue weighted by atomic mass is 32.1. The van der Waals surface area contributed by atoms with Crippen molar-refractivity contribution in [1.29, 1.82) is 0 Å². The Kier molecular flexibility index (Phi) is 3.57. The molecule has 0 aliphatic heterocycles. The third kappa shape index (κ3) is 2.56. The summed E-state index contributed by atoms with van der Waals surface area (Å²) < 4.78 is 12.1. The first kappa shape index (κ1) is 14.9. The average molecular weight is 345 g/mol. The number of methoxy groups -OCH3 is 2. The zero-order chi connectivity index (χ0) is 16.7. The van der Waals surface area contributed by atoms with Crippen LogP contribution >= 0.6 is 11.3 Å². The lowest BCUT2D eigenvalue weighted by Gasteiger charge is -2.09. The molecule has 4 rings (SSSR count). The van der Waals surface area contributed by atoms with E-state index in [1.54, 1.807) is 36.9 Å². The van der Waals surface area contributed by atoms with Crippen LogP contribution < -0.4 is 14.8 Å². The van der Waals surface area contributed by atoms with Crippen molar-refractivity contribution in [2.45, 2.75) is 18.8 Å². The fourth-order valence-electron chi connectivity index (χ4n) is 2.42. The van der Waals surface area contributed by atoms with E-state index in [0.717, 1.165) is 18.7 Å². The number of carbonyl (C=O) groups excluding carboxylic acids is 1. The topological polar surface area (TPSA) is 90.6 Å². The number of amides is 1. The van der Waals surface area contributed by atoms with Gasteiger partial charge in [0, 0.05) is 17.7 Å². The van der Waals surface area contributed by atoms with Gasteiger partial charge >= 0.3 is 0 Å². The van der Waals surface area contributed by atoms with Crippen molar-refractivity contribution < 1.29 is 14.3 Å². The first-order chi connectivity index (χ1) is 11.7. The highest BCUT2D eigenvalue weighted by Crippen LogP contribution is 2.39. The van der Waals surface area contributed by atoms with E-state index < -0.39 is 0 Å². The van der Waals surface area contributed by atoms with Gasteiger partial charge in [-0.15, -0.1) is 15.3 Å². The smallest absolute Gasteiger partial charge is 0.286 e. The second-order valence-electron chi connectivity index (χ2n) is 5.46. The quantitative estimate of drug-likeness (QED) is 0.763. The summed E-state index contributed by atoms with van der Waals surface area (Å²) >= 11 is 1.22. The van der Waals surface area contributed by atoms with Crippen LogP contribution in [0.2, 0.25) is 0 Å². The minimum Gasteiger partial charge on any atom is -0.493 e. The number of rotatable bonds is 5. The molecule has 1 fully saturated rings. The largest absolute Gasteiger partial charge is 0.493 e. The molecule has 0 bridgehead atoms. The van der Waals surface area contributed by atoms with E-state index in [1.165, 1.54) is 11.3 Å². The molecule has 1 aliphatic rings. The van der Waals surface area contributed by atoms with Gasteiger partial charge < -0.3 is 14.8 Å². The molecule has 1 N–H and O–H groups in total. The number of carbonyl (C=O) groups is 1. The van der Waals surface area contributed by atoms with Gasteiger partial charge in [0.05, 0.1) is 14.2 Å². The summed E-state index contributed by atoms with van der Waals surface area (Å²) in [5.41, 5.74) is 0.603. The number of ether oxygens (including phenoxy) is 2. The highest BCUT2D eigenvalue weighted by molar-refractivity contribution is 7.18. The molecule has 0 saturated heterocycles. The van der Waals surface area contributed by atoms with Gasteiger partial charge in [0.2, 0.25) is 9.97 Å². The number of hydrogen-bond acceptors (Lipinski definition) is 7. The molecule has 2 heterocycles. The summed E-state index contributed by atoms with van der Waals surface area (Å²) in [6.07, 6.45) is 2.21. The van der Waals surface area contributed by atoms with E-state index in [9.17, 15) is 4.79 Å². The second-order valence-corrected chi connectivity index (χ2v) is 6.41. The van der Waals surface area contributed by atoms with Crippen molar-refractivity contribution in [2.24, 2.45) is 0 Å². The van der Waals surface area contributed by atoms with Crippen LogP contribution in [0.25, 0.3) is 4.96 Å². The minimum atomic E-state index is -0.292. The molecule has 0 radical (unpaired) electrons. The fourth-order valence-corrected chi connectivity index (χ4v) is 3.16. The van der Waals surface area contributed by atoms with E-state index in [-0.39, 0.29) is 5.91 Å². The maximum absolute atomic E-state index is 12.4. The van der Waals surface area contributed by atoms with Crippen LogP contribution in [0.5, 0.6) is 11.5 Å². The van der Waals surface area contributed by atoms with Crippen LogP contribution in [0, 0.1) is 0 Å². The van der Waals surface area contributed by atoms with Crippen molar-refractivity contribution in [3.63, 3.8) is 0 Å². The van der Waals surface area contributed by atoms with Crippen molar-refractivity contribution in [2.75, 3.05) is 19.5 Å². The van der Waals surface area contributed by atoms with E-state index >= 15 is 0 Å². The number of aromatic nitrogens is 4. The summed E-state index contributed by atoms with van der Waals surface area (Å²) in [5, 5.41) is 15.7. The number of nitrogens with one attached hydrogen (secondary N) is 1. The standard InChI is InChI=1S/C15H15N5O3S/c1-22-10-6-5-9(7-11(10)23-2)16-13(21)14-19-20-12(8-3-4-8)17-18-15(20)24-14/h5-8H,3-4H2,1-2H3,(H,16,21). The van der Waals surface area contributed by atoms with Gasteiger partial charge in [-0.2, -0.15) is 4.52 Å². The van der Waals surface area contributed by atoms with Crippen molar-refractivity contribution in [1.82, 2.24) is 19.8 Å². The Morgan fingerprint density at radius 3 is 2.75 bits per heavy atom. The predicted octanol–water partition coefficient (Wildman–Crippen LogP) is 2.33. The molecule has 1 saturated carbocycles. The lowest BCUT2D eigenvalue weighted by Crippen LogP contribution is -2.12. The first-order valence-electron chi connectivity index (χ1n) is 7.45. The Bertz CT molecular complexity index is 915. The number of hydrogen-bond donors (Lipinski definition) is 1. The number of anilines is 1. The molecule has 124 valence electrons. The summed E-state index contributed by atoms with van der Waals surface area (Å²) in [5.74, 6) is 2.11. The monoisotopic (exact) mass is 345 g/mol. The van der Waals surface area contributed by atoms with Gasteiger partial charge in [-0.3, -0.25) is 4.79 Å². The number of fused-ring (bicyclic) bond motifs is 1. The van der Waals surface area contributed by atoms with Crippen molar-refractivity contribution >= 4 is 27.9 Å². The van der Waals surface area contributed by atoms with Gasteiger partial charge in [-0.25, -0.2) is 0 Å². The molecule has 2 aromatic heterocycles. The molecule has 24 heavy (non-hydrogen) atoms. The molecular formula is C15H15N5O3S. The highest BCUT2D eigenvalue weighted by Gasteiger charge is 2.30. The SMILES string of the molecule is COc1ccc(NC(=O)c2nn3c(C4CC4)nnc3s2)cc1OC.